The van der Waals surface area contributed by atoms with Crippen molar-refractivity contribution in [2.45, 2.75) is 19.4 Å². The lowest BCUT2D eigenvalue weighted by atomic mass is 10.2. The summed E-state index contributed by atoms with van der Waals surface area (Å²) in [5.41, 5.74) is 1.05. The van der Waals surface area contributed by atoms with Crippen LogP contribution >= 0.6 is 12.4 Å². The van der Waals surface area contributed by atoms with Gasteiger partial charge in [-0.1, -0.05) is 30.3 Å². The first kappa shape index (κ1) is 11.1. The van der Waals surface area contributed by atoms with Crippen LogP contribution in [0.1, 0.15) is 18.4 Å². The highest BCUT2D eigenvalue weighted by atomic mass is 35.5. The van der Waals surface area contributed by atoms with Gasteiger partial charge < -0.3 is 4.74 Å². The molecule has 1 aliphatic rings. The van der Waals surface area contributed by atoms with E-state index in [1.807, 2.05) is 30.3 Å². The molecule has 0 heterocycles. The summed E-state index contributed by atoms with van der Waals surface area (Å²) in [6, 6.07) is 9.76. The van der Waals surface area contributed by atoms with Crippen LogP contribution in [-0.2, 0) is 16.1 Å². The maximum absolute atomic E-state index is 11.2. The van der Waals surface area contributed by atoms with Crippen molar-refractivity contribution in [3.8, 4) is 0 Å². The molecule has 0 aromatic heterocycles. The van der Waals surface area contributed by atoms with Crippen LogP contribution in [0.3, 0.4) is 0 Å². The van der Waals surface area contributed by atoms with E-state index in [4.69, 9.17) is 4.74 Å². The Bertz CT molecular complexity index is 293. The molecule has 1 aromatic rings. The van der Waals surface area contributed by atoms with Crippen molar-refractivity contribution in [2.75, 3.05) is 0 Å². The first-order chi connectivity index (χ1) is 6.36. The fraction of sp³-hybridized carbons (Fsp3) is 0.364. The molecule has 0 bridgehead atoms. The predicted octanol–water partition coefficient (Wildman–Crippen LogP) is 2.56. The van der Waals surface area contributed by atoms with Gasteiger partial charge >= 0.3 is 5.97 Å². The summed E-state index contributed by atoms with van der Waals surface area (Å²) in [4.78, 5) is 11.2. The van der Waals surface area contributed by atoms with Gasteiger partial charge in [0.15, 0.2) is 0 Å². The van der Waals surface area contributed by atoms with E-state index >= 15 is 0 Å². The van der Waals surface area contributed by atoms with Crippen LogP contribution in [0, 0.1) is 5.92 Å². The number of ether oxygens (including phenoxy) is 1. The minimum Gasteiger partial charge on any atom is -0.461 e. The third-order valence-electron chi connectivity index (χ3n) is 2.13. The Labute approximate surface area is 89.7 Å². The standard InChI is InChI=1S/C11H12O2.ClH/c12-11(10-6-7-10)13-8-9-4-2-1-3-5-9;/h1-5,10H,6-8H2;1H. The largest absolute Gasteiger partial charge is 0.461 e. The SMILES string of the molecule is Cl.O=C(OCc1ccccc1)C1CC1. The fourth-order valence-electron chi connectivity index (χ4n) is 1.17. The number of hydrogen-bond acceptors (Lipinski definition) is 2. The zero-order valence-electron chi connectivity index (χ0n) is 7.81. The quantitative estimate of drug-likeness (QED) is 0.720. The minimum atomic E-state index is -0.0381. The molecule has 0 spiro atoms. The van der Waals surface area contributed by atoms with Gasteiger partial charge in [-0.05, 0) is 18.4 Å². The smallest absolute Gasteiger partial charge is 0.309 e. The molecule has 1 fully saturated rings. The first-order valence-electron chi connectivity index (χ1n) is 4.57. The van der Waals surface area contributed by atoms with Crippen molar-refractivity contribution in [1.29, 1.82) is 0 Å². The van der Waals surface area contributed by atoms with E-state index < -0.39 is 0 Å². The maximum Gasteiger partial charge on any atom is 0.309 e. The Morgan fingerprint density at radius 1 is 1.29 bits per heavy atom. The molecule has 2 rings (SSSR count). The lowest BCUT2D eigenvalue weighted by Gasteiger charge is -2.02. The van der Waals surface area contributed by atoms with E-state index in [1.54, 1.807) is 0 Å². The van der Waals surface area contributed by atoms with Crippen molar-refractivity contribution in [1.82, 2.24) is 0 Å². The maximum atomic E-state index is 11.2. The molecule has 0 N–H and O–H groups in total. The number of carbonyl (C=O) groups excluding carboxylic acids is 1. The molecule has 0 saturated heterocycles. The molecule has 14 heavy (non-hydrogen) atoms. The summed E-state index contributed by atoms with van der Waals surface area (Å²) in [5, 5.41) is 0. The fourth-order valence-corrected chi connectivity index (χ4v) is 1.17. The summed E-state index contributed by atoms with van der Waals surface area (Å²) in [6.45, 7) is 0.413. The van der Waals surface area contributed by atoms with Crippen molar-refractivity contribution in [3.05, 3.63) is 35.9 Å². The van der Waals surface area contributed by atoms with E-state index in [0.29, 0.717) is 6.61 Å². The molecule has 2 nitrogen and oxygen atoms in total. The number of benzene rings is 1. The van der Waals surface area contributed by atoms with Crippen molar-refractivity contribution >= 4 is 18.4 Å². The Kier molecular flexibility index (Phi) is 3.96. The molecule has 3 heteroatoms. The van der Waals surface area contributed by atoms with E-state index in [1.165, 1.54) is 0 Å². The molecular formula is C11H13ClO2. The second-order valence-electron chi connectivity index (χ2n) is 3.37. The number of esters is 1. The number of halogens is 1. The van der Waals surface area contributed by atoms with Crippen LogP contribution in [0.2, 0.25) is 0 Å². The first-order valence-corrected chi connectivity index (χ1v) is 4.57. The van der Waals surface area contributed by atoms with Gasteiger partial charge in [0.25, 0.3) is 0 Å². The predicted molar refractivity (Wildman–Crippen MR) is 56.2 cm³/mol. The molecule has 1 saturated carbocycles. The average Bonchev–Trinajstić information content (AvgIpc) is 2.99. The van der Waals surface area contributed by atoms with Crippen molar-refractivity contribution in [2.24, 2.45) is 5.92 Å². The molecule has 76 valence electrons. The highest BCUT2D eigenvalue weighted by molar-refractivity contribution is 5.85. The van der Waals surface area contributed by atoms with Gasteiger partial charge in [0.05, 0.1) is 5.92 Å². The van der Waals surface area contributed by atoms with Crippen LogP contribution in [0.5, 0.6) is 0 Å². The van der Waals surface area contributed by atoms with Crippen LogP contribution in [0.25, 0.3) is 0 Å². The summed E-state index contributed by atoms with van der Waals surface area (Å²) in [7, 11) is 0. The van der Waals surface area contributed by atoms with E-state index in [-0.39, 0.29) is 24.3 Å². The third kappa shape index (κ3) is 3.04. The summed E-state index contributed by atoms with van der Waals surface area (Å²) in [6.07, 6.45) is 2.02. The van der Waals surface area contributed by atoms with Crippen molar-refractivity contribution < 1.29 is 9.53 Å². The lowest BCUT2D eigenvalue weighted by molar-refractivity contribution is -0.146. The Morgan fingerprint density at radius 2 is 1.93 bits per heavy atom. The Morgan fingerprint density at radius 3 is 2.50 bits per heavy atom. The number of rotatable bonds is 3. The Hall–Kier alpha value is -1.02. The van der Waals surface area contributed by atoms with Gasteiger partial charge in [0.2, 0.25) is 0 Å². The monoisotopic (exact) mass is 212 g/mol. The second-order valence-corrected chi connectivity index (χ2v) is 3.37. The number of hydrogen-bond donors (Lipinski definition) is 0. The van der Waals surface area contributed by atoms with Crippen molar-refractivity contribution in [3.63, 3.8) is 0 Å². The molecule has 0 radical (unpaired) electrons. The second kappa shape index (κ2) is 5.01. The van der Waals surface area contributed by atoms with Gasteiger partial charge in [0, 0.05) is 0 Å². The molecular weight excluding hydrogens is 200 g/mol. The minimum absolute atomic E-state index is 0. The zero-order valence-corrected chi connectivity index (χ0v) is 8.63. The highest BCUT2D eigenvalue weighted by Crippen LogP contribution is 2.30. The lowest BCUT2D eigenvalue weighted by Crippen LogP contribution is -2.05. The molecule has 1 aliphatic carbocycles. The van der Waals surface area contributed by atoms with Gasteiger partial charge in [-0.15, -0.1) is 12.4 Å². The molecule has 0 atom stereocenters. The molecule has 0 amide bonds. The zero-order chi connectivity index (χ0) is 9.10. The summed E-state index contributed by atoms with van der Waals surface area (Å²) in [5.74, 6) is 0.160. The van der Waals surface area contributed by atoms with Crippen LogP contribution in [0.15, 0.2) is 30.3 Å². The summed E-state index contributed by atoms with van der Waals surface area (Å²) >= 11 is 0. The van der Waals surface area contributed by atoms with E-state index in [2.05, 4.69) is 0 Å². The van der Waals surface area contributed by atoms with Crippen LogP contribution in [-0.4, -0.2) is 5.97 Å². The van der Waals surface area contributed by atoms with Crippen LogP contribution in [0.4, 0.5) is 0 Å². The molecule has 1 aromatic carbocycles. The van der Waals surface area contributed by atoms with E-state index in [9.17, 15) is 4.79 Å². The third-order valence-corrected chi connectivity index (χ3v) is 2.13. The Balaban J connectivity index is 0.000000980. The topological polar surface area (TPSA) is 26.3 Å². The number of carbonyl (C=O) groups is 1. The highest BCUT2D eigenvalue weighted by Gasteiger charge is 2.31. The van der Waals surface area contributed by atoms with Crippen LogP contribution < -0.4 is 0 Å². The molecule has 0 unspecified atom stereocenters. The van der Waals surface area contributed by atoms with Gasteiger partial charge in [-0.25, -0.2) is 0 Å². The molecule has 0 aliphatic heterocycles. The van der Waals surface area contributed by atoms with Gasteiger partial charge in [-0.2, -0.15) is 0 Å². The van der Waals surface area contributed by atoms with E-state index in [0.717, 1.165) is 18.4 Å². The summed E-state index contributed by atoms with van der Waals surface area (Å²) < 4.78 is 5.11. The normalized spacial score (nSPS) is 14.3. The van der Waals surface area contributed by atoms with Gasteiger partial charge in [0.1, 0.15) is 6.61 Å². The average molecular weight is 213 g/mol. The van der Waals surface area contributed by atoms with Gasteiger partial charge in [-0.3, -0.25) is 4.79 Å².